The Morgan fingerprint density at radius 2 is 1.03 bits per heavy atom. The number of nitrogens with zero attached hydrogens (tertiary/aromatic N) is 3. The molecule has 0 saturated heterocycles. The van der Waals surface area contributed by atoms with Crippen LogP contribution in [0, 0.1) is 0 Å². The van der Waals surface area contributed by atoms with Gasteiger partial charge in [0.1, 0.15) is 5.82 Å². The smallest absolute Gasteiger partial charge is 0.146 e. The molecular formula is C57H41N3. The van der Waals surface area contributed by atoms with Crippen molar-refractivity contribution < 1.29 is 0 Å². The van der Waals surface area contributed by atoms with Gasteiger partial charge in [-0.15, -0.1) is 6.58 Å². The van der Waals surface area contributed by atoms with E-state index in [4.69, 9.17) is 4.98 Å². The highest BCUT2D eigenvalue weighted by atomic mass is 15.1. The molecule has 3 nitrogen and oxygen atoms in total. The minimum atomic E-state index is 0.977. The van der Waals surface area contributed by atoms with E-state index in [9.17, 15) is 0 Å². The molecule has 0 bridgehead atoms. The first-order valence-electron chi connectivity index (χ1n) is 20.7. The zero-order chi connectivity index (χ0) is 40.2. The van der Waals surface area contributed by atoms with Crippen molar-refractivity contribution in [2.24, 2.45) is 0 Å². The average Bonchev–Trinajstić information content (AvgIpc) is 3.95. The van der Waals surface area contributed by atoms with Crippen LogP contribution in [0.1, 0.15) is 13.3 Å². The van der Waals surface area contributed by atoms with Gasteiger partial charge in [-0.05, 0) is 101 Å². The first-order chi connectivity index (χ1) is 29.7. The highest BCUT2D eigenvalue weighted by molar-refractivity contribution is 6.19. The molecule has 0 radical (unpaired) electrons. The van der Waals surface area contributed by atoms with Crippen molar-refractivity contribution in [1.29, 1.82) is 0 Å². The fourth-order valence-electron chi connectivity index (χ4n) is 9.33. The number of pyridine rings is 1. The molecule has 1 aliphatic rings. The molecule has 1 aliphatic carbocycles. The highest BCUT2D eigenvalue weighted by Crippen LogP contribution is 2.50. The number of allylic oxidation sites excluding steroid dienone is 3. The summed E-state index contributed by atoms with van der Waals surface area (Å²) in [7, 11) is 0. The van der Waals surface area contributed by atoms with Gasteiger partial charge < -0.3 is 4.57 Å². The van der Waals surface area contributed by atoms with E-state index in [-0.39, 0.29) is 0 Å². The standard InChI is InChI=1S/C51H31N3.C6H10/c1-2-11-32(12-3-1)33-21-25-37(26-22-33)53-45-19-8-6-15-39(45)43-29-34(23-27-47(43)53)35-24-28-48-44(30-35)40-16-7-9-20-46(40)54(48)51-50-42-17-5-4-14-38(42)41-18-10-13-36(31-52-51)49(41)50;1-3-5-6-4-2/h1-31H;3-4,6H,1,5H2,2H3/b;6-4-. The Bertz CT molecular complexity index is 3470. The van der Waals surface area contributed by atoms with E-state index in [1.54, 1.807) is 0 Å². The summed E-state index contributed by atoms with van der Waals surface area (Å²) in [5.74, 6) is 0.977. The van der Waals surface area contributed by atoms with Gasteiger partial charge in [-0.3, -0.25) is 4.57 Å². The first kappa shape index (κ1) is 35.4. The third-order valence-electron chi connectivity index (χ3n) is 12.0. The van der Waals surface area contributed by atoms with Crippen molar-refractivity contribution in [3.63, 3.8) is 0 Å². The van der Waals surface area contributed by atoms with Crippen molar-refractivity contribution in [2.75, 3.05) is 0 Å². The van der Waals surface area contributed by atoms with Crippen LogP contribution >= 0.6 is 0 Å². The second-order valence-corrected chi connectivity index (χ2v) is 15.4. The van der Waals surface area contributed by atoms with Gasteiger partial charge in [0.2, 0.25) is 0 Å². The van der Waals surface area contributed by atoms with Crippen LogP contribution in [-0.4, -0.2) is 14.1 Å². The molecule has 3 heteroatoms. The summed E-state index contributed by atoms with van der Waals surface area (Å²) < 4.78 is 4.77. The molecule has 3 heterocycles. The highest BCUT2D eigenvalue weighted by Gasteiger charge is 2.27. The average molecular weight is 768 g/mol. The number of para-hydroxylation sites is 2. The molecule has 0 saturated carbocycles. The van der Waals surface area contributed by atoms with Gasteiger partial charge in [0, 0.05) is 49.8 Å². The maximum Gasteiger partial charge on any atom is 0.146 e. The van der Waals surface area contributed by atoms with Gasteiger partial charge in [0.05, 0.1) is 22.1 Å². The summed E-state index contributed by atoms with van der Waals surface area (Å²) in [6, 6.07) is 66.2. The first-order valence-corrected chi connectivity index (χ1v) is 20.7. The van der Waals surface area contributed by atoms with Crippen LogP contribution in [0.15, 0.2) is 213 Å². The Morgan fingerprint density at radius 1 is 0.483 bits per heavy atom. The summed E-state index contributed by atoms with van der Waals surface area (Å²) >= 11 is 0. The third-order valence-corrected chi connectivity index (χ3v) is 12.0. The number of fused-ring (bicyclic) bond motifs is 9. The Labute approximate surface area is 349 Å². The quantitative estimate of drug-likeness (QED) is 0.155. The van der Waals surface area contributed by atoms with Crippen LogP contribution < -0.4 is 0 Å². The van der Waals surface area contributed by atoms with Crippen LogP contribution in [0.3, 0.4) is 0 Å². The number of rotatable bonds is 6. The second kappa shape index (κ2) is 14.6. The molecule has 0 unspecified atom stereocenters. The Kier molecular flexibility index (Phi) is 8.60. The molecule has 12 rings (SSSR count). The van der Waals surface area contributed by atoms with Crippen LogP contribution in [-0.2, 0) is 0 Å². The van der Waals surface area contributed by atoms with E-state index in [0.717, 1.165) is 29.0 Å². The zero-order valence-corrected chi connectivity index (χ0v) is 33.4. The van der Waals surface area contributed by atoms with Crippen molar-refractivity contribution in [3.8, 4) is 56.0 Å². The molecule has 11 aromatic rings. The molecule has 0 aliphatic heterocycles. The molecule has 284 valence electrons. The van der Waals surface area contributed by atoms with E-state index in [2.05, 4.69) is 204 Å². The molecule has 3 aromatic heterocycles. The number of hydrogen-bond donors (Lipinski definition) is 0. The lowest BCUT2D eigenvalue weighted by atomic mass is 10.0. The summed E-state index contributed by atoms with van der Waals surface area (Å²) in [6.45, 7) is 5.55. The van der Waals surface area contributed by atoms with Gasteiger partial charge in [-0.1, -0.05) is 152 Å². The topological polar surface area (TPSA) is 22.8 Å². The normalized spacial score (nSPS) is 11.8. The SMILES string of the molecule is C=CC/C=C\C.c1ccc(-c2ccc(-n3c4ccccc4c4cc(-c5ccc6c(c5)c5ccccc5n6-c5ncc6cccc7c6c5-c5ccccc5-7)ccc43)cc2)cc1. The summed E-state index contributed by atoms with van der Waals surface area (Å²) in [6.07, 6.45) is 8.99. The molecule has 0 atom stereocenters. The summed E-state index contributed by atoms with van der Waals surface area (Å²) in [5.41, 5.74) is 15.7. The molecule has 60 heavy (non-hydrogen) atoms. The summed E-state index contributed by atoms with van der Waals surface area (Å²) in [5, 5.41) is 7.39. The van der Waals surface area contributed by atoms with Crippen LogP contribution in [0.4, 0.5) is 0 Å². The van der Waals surface area contributed by atoms with Crippen molar-refractivity contribution in [1.82, 2.24) is 14.1 Å². The maximum absolute atomic E-state index is 5.20. The maximum atomic E-state index is 5.20. The lowest BCUT2D eigenvalue weighted by molar-refractivity contribution is 1.09. The summed E-state index contributed by atoms with van der Waals surface area (Å²) in [4.78, 5) is 5.20. The largest absolute Gasteiger partial charge is 0.309 e. The van der Waals surface area contributed by atoms with Crippen molar-refractivity contribution >= 4 is 54.4 Å². The third kappa shape index (κ3) is 5.62. The Morgan fingerprint density at radius 3 is 1.70 bits per heavy atom. The molecule has 0 amide bonds. The molecule has 0 spiro atoms. The van der Waals surface area contributed by atoms with Crippen LogP contribution in [0.25, 0.3) is 110 Å². The fraction of sp³-hybridized carbons (Fsp3) is 0.0351. The van der Waals surface area contributed by atoms with E-state index < -0.39 is 0 Å². The van der Waals surface area contributed by atoms with Gasteiger partial charge >= 0.3 is 0 Å². The van der Waals surface area contributed by atoms with Gasteiger partial charge in [0.25, 0.3) is 0 Å². The van der Waals surface area contributed by atoms with Crippen molar-refractivity contribution in [3.05, 3.63) is 213 Å². The van der Waals surface area contributed by atoms with E-state index in [1.807, 2.05) is 25.3 Å². The van der Waals surface area contributed by atoms with Gasteiger partial charge in [-0.25, -0.2) is 4.98 Å². The van der Waals surface area contributed by atoms with E-state index in [0.29, 0.717) is 0 Å². The lowest BCUT2D eigenvalue weighted by Gasteiger charge is -2.13. The minimum absolute atomic E-state index is 0.977. The van der Waals surface area contributed by atoms with Crippen LogP contribution in [0.5, 0.6) is 0 Å². The predicted molar refractivity (Wildman–Crippen MR) is 255 cm³/mol. The van der Waals surface area contributed by atoms with Crippen LogP contribution in [0.2, 0.25) is 0 Å². The lowest BCUT2D eigenvalue weighted by Crippen LogP contribution is -2.00. The van der Waals surface area contributed by atoms with E-state index >= 15 is 0 Å². The zero-order valence-electron chi connectivity index (χ0n) is 33.4. The second-order valence-electron chi connectivity index (χ2n) is 15.4. The number of benzene rings is 8. The Balaban J connectivity index is 0.000000637. The molecular weight excluding hydrogens is 727 g/mol. The molecule has 0 fully saturated rings. The molecule has 8 aromatic carbocycles. The minimum Gasteiger partial charge on any atom is -0.309 e. The monoisotopic (exact) mass is 767 g/mol. The van der Waals surface area contributed by atoms with E-state index in [1.165, 1.54) is 87.9 Å². The fourth-order valence-corrected chi connectivity index (χ4v) is 9.33. The molecule has 0 N–H and O–H groups in total. The Hall–Kier alpha value is -7.75. The predicted octanol–water partition coefficient (Wildman–Crippen LogP) is 15.5. The number of aromatic nitrogens is 3. The van der Waals surface area contributed by atoms with Crippen molar-refractivity contribution in [2.45, 2.75) is 13.3 Å². The van der Waals surface area contributed by atoms with Gasteiger partial charge in [0.15, 0.2) is 0 Å². The number of hydrogen-bond acceptors (Lipinski definition) is 1. The van der Waals surface area contributed by atoms with Gasteiger partial charge in [-0.2, -0.15) is 0 Å².